The third-order valence-electron chi connectivity index (χ3n) is 5.56. The Morgan fingerprint density at radius 2 is 2.13 bits per heavy atom. The van der Waals surface area contributed by atoms with Crippen LogP contribution in [-0.4, -0.2) is 17.0 Å². The van der Waals surface area contributed by atoms with Gasteiger partial charge in [-0.25, -0.2) is 0 Å². The molecule has 1 aromatic carbocycles. The topological polar surface area (TPSA) is 113 Å². The van der Waals surface area contributed by atoms with Gasteiger partial charge < -0.3 is 5.73 Å². The maximum Gasteiger partial charge on any atom is 0.271 e. The zero-order valence-corrected chi connectivity index (χ0v) is 18.7. The van der Waals surface area contributed by atoms with Crippen molar-refractivity contribution in [3.63, 3.8) is 0 Å². The molecule has 1 atom stereocenters. The minimum Gasteiger partial charge on any atom is -0.384 e. The molecule has 1 aromatic heterocycles. The fourth-order valence-electron chi connectivity index (χ4n) is 4.31. The number of nitriles is 1. The summed E-state index contributed by atoms with van der Waals surface area (Å²) in [6.45, 7) is 2.00. The van der Waals surface area contributed by atoms with E-state index in [0.29, 0.717) is 36.1 Å². The first-order valence-corrected chi connectivity index (χ1v) is 11.8. The molecule has 2 heterocycles. The van der Waals surface area contributed by atoms with Crippen molar-refractivity contribution < 1.29 is 9.72 Å². The van der Waals surface area contributed by atoms with Gasteiger partial charge >= 0.3 is 0 Å². The van der Waals surface area contributed by atoms with E-state index in [9.17, 15) is 20.2 Å². The van der Waals surface area contributed by atoms with Crippen molar-refractivity contribution in [2.45, 2.75) is 36.3 Å². The highest BCUT2D eigenvalue weighted by Gasteiger charge is 2.41. The molecule has 1 aliphatic carbocycles. The number of Topliss-reactive ketones (excluding diaryl/α,β-unsaturated/α-hetero) is 1. The number of benzene rings is 1. The van der Waals surface area contributed by atoms with Crippen LogP contribution in [0.15, 0.2) is 57.2 Å². The number of allylic oxidation sites excluding steroid dienone is 3. The van der Waals surface area contributed by atoms with E-state index in [2.05, 4.69) is 6.07 Å². The van der Waals surface area contributed by atoms with Gasteiger partial charge in [0.1, 0.15) is 5.82 Å². The number of carbonyl (C=O) groups excluding carboxylic acids is 1. The predicted molar refractivity (Wildman–Crippen MR) is 122 cm³/mol. The van der Waals surface area contributed by atoms with Crippen LogP contribution in [0, 0.1) is 28.4 Å². The van der Waals surface area contributed by atoms with Gasteiger partial charge in [0, 0.05) is 34.7 Å². The van der Waals surface area contributed by atoms with Gasteiger partial charge in [0.05, 0.1) is 32.4 Å². The van der Waals surface area contributed by atoms with Gasteiger partial charge in [0.2, 0.25) is 0 Å². The zero-order chi connectivity index (χ0) is 22.3. The summed E-state index contributed by atoms with van der Waals surface area (Å²) in [6, 6.07) is 10.4. The van der Waals surface area contributed by atoms with Crippen LogP contribution >= 0.6 is 23.1 Å². The third-order valence-corrected chi connectivity index (χ3v) is 7.77. The van der Waals surface area contributed by atoms with E-state index in [0.717, 1.165) is 20.3 Å². The first-order valence-electron chi connectivity index (χ1n) is 9.72. The van der Waals surface area contributed by atoms with Crippen LogP contribution in [0.2, 0.25) is 0 Å². The molecule has 7 nitrogen and oxygen atoms in total. The van der Waals surface area contributed by atoms with Gasteiger partial charge in [-0.05, 0) is 43.7 Å². The molecule has 0 radical (unpaired) electrons. The summed E-state index contributed by atoms with van der Waals surface area (Å²) in [5, 5.41) is 21.4. The average Bonchev–Trinajstić information content (AvgIpc) is 3.13. The molecule has 0 fully saturated rings. The molecule has 0 saturated carbocycles. The minimum absolute atomic E-state index is 0.00200. The van der Waals surface area contributed by atoms with E-state index in [1.165, 1.54) is 12.1 Å². The van der Waals surface area contributed by atoms with Crippen LogP contribution in [0.1, 0.15) is 35.6 Å². The van der Waals surface area contributed by atoms with E-state index in [-0.39, 0.29) is 17.3 Å². The predicted octanol–water partition coefficient (Wildman–Crippen LogP) is 4.99. The number of nitro benzene ring substituents is 1. The lowest BCUT2D eigenvalue weighted by Crippen LogP contribution is -2.38. The number of nitro groups is 1. The summed E-state index contributed by atoms with van der Waals surface area (Å²) in [7, 11) is 0. The number of thiophene rings is 1. The Morgan fingerprint density at radius 3 is 2.81 bits per heavy atom. The number of aryl methyl sites for hydroxylation is 1. The molecule has 4 rings (SSSR count). The highest BCUT2D eigenvalue weighted by atomic mass is 32.2. The van der Waals surface area contributed by atoms with Crippen molar-refractivity contribution in [2.24, 2.45) is 5.73 Å². The maximum atomic E-state index is 13.2. The van der Waals surface area contributed by atoms with E-state index in [1.54, 1.807) is 40.1 Å². The number of hydrogen-bond acceptors (Lipinski definition) is 8. The lowest BCUT2D eigenvalue weighted by atomic mass is 9.76. The highest BCUT2D eigenvalue weighted by Crippen LogP contribution is 2.49. The number of non-ortho nitro benzene ring substituents is 1. The number of anilines is 1. The molecule has 1 unspecified atom stereocenters. The molecule has 158 valence electrons. The largest absolute Gasteiger partial charge is 0.384 e. The molecular formula is C22H20N4O3S2. The first-order chi connectivity index (χ1) is 14.9. The molecule has 2 N–H and O–H groups in total. The van der Waals surface area contributed by atoms with Crippen molar-refractivity contribution in [1.82, 2.24) is 0 Å². The zero-order valence-electron chi connectivity index (χ0n) is 17.0. The molecule has 1 aliphatic heterocycles. The summed E-state index contributed by atoms with van der Waals surface area (Å²) in [5.41, 5.74) is 9.47. The van der Waals surface area contributed by atoms with Crippen molar-refractivity contribution in [3.05, 3.63) is 73.6 Å². The molecule has 2 aromatic rings. The lowest BCUT2D eigenvalue weighted by Gasteiger charge is -2.39. The normalized spacial score (nSPS) is 18.8. The Morgan fingerprint density at radius 1 is 1.35 bits per heavy atom. The summed E-state index contributed by atoms with van der Waals surface area (Å²) < 4.78 is 1.05. The maximum absolute atomic E-state index is 13.2. The standard InChI is InChI=1S/C22H20N4O3S2/c1-12-9-15(22(30-2)31-12)19-16(11-23)21(24)25(17-7-4-8-18(27)20(17)19)13-5-3-6-14(10-13)26(28)29/h3,5-6,9-10,19H,4,7-8,24H2,1-2H3. The molecule has 31 heavy (non-hydrogen) atoms. The first kappa shape index (κ1) is 21.2. The number of thioether (sulfide) groups is 1. The lowest BCUT2D eigenvalue weighted by molar-refractivity contribution is -0.384. The molecule has 0 amide bonds. The molecular weight excluding hydrogens is 432 g/mol. The number of nitrogens with zero attached hydrogens (tertiary/aromatic N) is 3. The minimum atomic E-state index is -0.518. The van der Waals surface area contributed by atoms with Crippen molar-refractivity contribution in [3.8, 4) is 6.07 Å². The third kappa shape index (κ3) is 3.52. The Hall–Kier alpha value is -3.09. The van der Waals surface area contributed by atoms with Gasteiger partial charge in [-0.15, -0.1) is 23.1 Å². The van der Waals surface area contributed by atoms with Gasteiger partial charge in [-0.2, -0.15) is 5.26 Å². The number of hydrogen-bond donors (Lipinski definition) is 1. The molecule has 0 saturated heterocycles. The highest BCUT2D eigenvalue weighted by molar-refractivity contribution is 8.00. The Balaban J connectivity index is 1.98. The van der Waals surface area contributed by atoms with E-state index >= 15 is 0 Å². The van der Waals surface area contributed by atoms with Gasteiger partial charge in [0.25, 0.3) is 5.69 Å². The summed E-state index contributed by atoms with van der Waals surface area (Å²) in [6.07, 6.45) is 3.67. The SMILES string of the molecule is CSc1sc(C)cc1C1C(C#N)=C(N)N(c2cccc([N+](=O)[O-])c2)C2=C1C(=O)CCC2. The average molecular weight is 453 g/mol. The summed E-state index contributed by atoms with van der Waals surface area (Å²) >= 11 is 3.22. The van der Waals surface area contributed by atoms with Crippen molar-refractivity contribution >= 4 is 40.3 Å². The van der Waals surface area contributed by atoms with Crippen LogP contribution in [0.25, 0.3) is 0 Å². The van der Waals surface area contributed by atoms with Crippen LogP contribution in [-0.2, 0) is 4.79 Å². The molecule has 9 heteroatoms. The van der Waals surface area contributed by atoms with E-state index < -0.39 is 10.8 Å². The Bertz CT molecular complexity index is 1210. The van der Waals surface area contributed by atoms with Crippen molar-refractivity contribution in [2.75, 3.05) is 11.2 Å². The number of nitrogens with two attached hydrogens (primary N) is 1. The van der Waals surface area contributed by atoms with Gasteiger partial charge in [-0.1, -0.05) is 6.07 Å². The van der Waals surface area contributed by atoms with Crippen LogP contribution < -0.4 is 10.6 Å². The Labute approximate surface area is 188 Å². The summed E-state index contributed by atoms with van der Waals surface area (Å²) in [5.74, 6) is -0.301. The van der Waals surface area contributed by atoms with Crippen LogP contribution in [0.3, 0.4) is 0 Å². The van der Waals surface area contributed by atoms with Crippen LogP contribution in [0.4, 0.5) is 11.4 Å². The number of ketones is 1. The monoisotopic (exact) mass is 452 g/mol. The summed E-state index contributed by atoms with van der Waals surface area (Å²) in [4.78, 5) is 26.8. The molecule has 0 spiro atoms. The second-order valence-corrected chi connectivity index (χ2v) is 9.73. The quantitative estimate of drug-likeness (QED) is 0.395. The number of rotatable bonds is 4. The van der Waals surface area contributed by atoms with E-state index in [4.69, 9.17) is 5.73 Å². The number of carbonyl (C=O) groups is 1. The van der Waals surface area contributed by atoms with Gasteiger partial charge in [0.15, 0.2) is 5.78 Å². The second-order valence-electron chi connectivity index (χ2n) is 7.40. The van der Waals surface area contributed by atoms with Crippen molar-refractivity contribution in [1.29, 1.82) is 5.26 Å². The molecule has 2 aliphatic rings. The van der Waals surface area contributed by atoms with E-state index in [1.807, 2.05) is 19.2 Å². The fraction of sp³-hybridized carbons (Fsp3) is 0.273. The second kappa shape index (κ2) is 8.21. The smallest absolute Gasteiger partial charge is 0.271 e. The van der Waals surface area contributed by atoms with Gasteiger partial charge in [-0.3, -0.25) is 19.8 Å². The molecule has 0 bridgehead atoms. The van der Waals surface area contributed by atoms with Crippen LogP contribution in [0.5, 0.6) is 0 Å². The Kier molecular flexibility index (Phi) is 5.60. The fourth-order valence-corrected chi connectivity index (χ4v) is 6.22.